The van der Waals surface area contributed by atoms with Crippen LogP contribution in [-0.4, -0.2) is 54.5 Å². The van der Waals surface area contributed by atoms with E-state index in [4.69, 9.17) is 9.47 Å². The quantitative estimate of drug-likeness (QED) is 0.500. The van der Waals surface area contributed by atoms with Crippen molar-refractivity contribution in [3.8, 4) is 11.5 Å². The van der Waals surface area contributed by atoms with E-state index in [-0.39, 0.29) is 29.9 Å². The molecule has 1 aliphatic heterocycles. The fourth-order valence-electron chi connectivity index (χ4n) is 3.79. The molecule has 0 saturated carbocycles. The minimum atomic E-state index is -0.323. The SMILES string of the molecule is CCOc1cc(C(=O)Nc2ccc(C(=O)NC(C)(C)CC)cc2)ccc1OCC(=O)N1CCCCC1. The Kier molecular flexibility index (Phi) is 9.33. The van der Waals surface area contributed by atoms with E-state index >= 15 is 0 Å². The fourth-order valence-corrected chi connectivity index (χ4v) is 3.79. The van der Waals surface area contributed by atoms with Crippen LogP contribution in [0.5, 0.6) is 11.5 Å². The van der Waals surface area contributed by atoms with Gasteiger partial charge in [0, 0.05) is 35.4 Å². The Hall–Kier alpha value is -3.55. The van der Waals surface area contributed by atoms with E-state index < -0.39 is 0 Å². The zero-order chi connectivity index (χ0) is 26.1. The Bertz CT molecular complexity index is 1060. The highest BCUT2D eigenvalue weighted by molar-refractivity contribution is 6.05. The number of nitrogens with zero attached hydrogens (tertiary/aromatic N) is 1. The van der Waals surface area contributed by atoms with Crippen molar-refractivity contribution in [2.45, 2.75) is 58.9 Å². The summed E-state index contributed by atoms with van der Waals surface area (Å²) < 4.78 is 11.4. The number of anilines is 1. The zero-order valence-electron chi connectivity index (χ0n) is 21.7. The number of likely N-dealkylation sites (tertiary alicyclic amines) is 1. The van der Waals surface area contributed by atoms with Crippen molar-refractivity contribution < 1.29 is 23.9 Å². The molecule has 1 aliphatic rings. The highest BCUT2D eigenvalue weighted by Gasteiger charge is 2.20. The van der Waals surface area contributed by atoms with Crippen LogP contribution in [0.3, 0.4) is 0 Å². The first-order chi connectivity index (χ1) is 17.2. The lowest BCUT2D eigenvalue weighted by atomic mass is 10.0. The topological polar surface area (TPSA) is 97.0 Å². The van der Waals surface area contributed by atoms with Gasteiger partial charge in [-0.25, -0.2) is 0 Å². The maximum atomic E-state index is 12.9. The summed E-state index contributed by atoms with van der Waals surface area (Å²) in [7, 11) is 0. The molecule has 0 radical (unpaired) electrons. The van der Waals surface area contributed by atoms with Crippen LogP contribution in [0.1, 0.15) is 74.1 Å². The largest absolute Gasteiger partial charge is 0.490 e. The Labute approximate surface area is 213 Å². The molecule has 194 valence electrons. The zero-order valence-corrected chi connectivity index (χ0v) is 21.7. The van der Waals surface area contributed by atoms with Gasteiger partial charge in [-0.15, -0.1) is 0 Å². The summed E-state index contributed by atoms with van der Waals surface area (Å²) in [5, 5.41) is 5.83. The number of carbonyl (C=O) groups excluding carboxylic acids is 3. The molecule has 2 N–H and O–H groups in total. The normalized spacial score (nSPS) is 13.6. The molecule has 8 nitrogen and oxygen atoms in total. The molecule has 0 bridgehead atoms. The van der Waals surface area contributed by atoms with Crippen molar-refractivity contribution in [3.63, 3.8) is 0 Å². The molecule has 2 aromatic rings. The number of nitrogens with one attached hydrogen (secondary N) is 2. The highest BCUT2D eigenvalue weighted by atomic mass is 16.5. The van der Waals surface area contributed by atoms with Crippen LogP contribution in [-0.2, 0) is 4.79 Å². The third-order valence-electron chi connectivity index (χ3n) is 6.31. The van der Waals surface area contributed by atoms with Crippen molar-refractivity contribution in [1.29, 1.82) is 0 Å². The van der Waals surface area contributed by atoms with Gasteiger partial charge in [0.05, 0.1) is 6.61 Å². The maximum absolute atomic E-state index is 12.9. The van der Waals surface area contributed by atoms with E-state index in [0.29, 0.717) is 34.9 Å². The Balaban J connectivity index is 1.63. The number of carbonyl (C=O) groups is 3. The minimum absolute atomic E-state index is 0.0469. The molecular weight excluding hydrogens is 458 g/mol. The van der Waals surface area contributed by atoms with Crippen LogP contribution in [0, 0.1) is 0 Å². The molecule has 1 heterocycles. The summed E-state index contributed by atoms with van der Waals surface area (Å²) in [4.78, 5) is 39.6. The molecule has 36 heavy (non-hydrogen) atoms. The third kappa shape index (κ3) is 7.47. The second kappa shape index (κ2) is 12.4. The monoisotopic (exact) mass is 495 g/mol. The summed E-state index contributed by atoms with van der Waals surface area (Å²) >= 11 is 0. The van der Waals surface area contributed by atoms with E-state index in [2.05, 4.69) is 10.6 Å². The van der Waals surface area contributed by atoms with E-state index in [1.807, 2.05) is 32.6 Å². The van der Waals surface area contributed by atoms with Crippen LogP contribution in [0.15, 0.2) is 42.5 Å². The Morgan fingerprint density at radius 1 is 0.861 bits per heavy atom. The second-order valence-electron chi connectivity index (χ2n) is 9.55. The van der Waals surface area contributed by atoms with Crippen LogP contribution >= 0.6 is 0 Å². The van der Waals surface area contributed by atoms with Gasteiger partial charge >= 0.3 is 0 Å². The maximum Gasteiger partial charge on any atom is 0.260 e. The lowest BCUT2D eigenvalue weighted by molar-refractivity contribution is -0.134. The molecule has 0 spiro atoms. The Morgan fingerprint density at radius 2 is 1.53 bits per heavy atom. The molecule has 3 rings (SSSR count). The van der Waals surface area contributed by atoms with Crippen molar-refractivity contribution in [2.75, 3.05) is 31.6 Å². The molecule has 0 aromatic heterocycles. The number of piperidine rings is 1. The van der Waals surface area contributed by atoms with E-state index in [1.54, 1.807) is 42.5 Å². The average Bonchev–Trinajstić information content (AvgIpc) is 2.88. The van der Waals surface area contributed by atoms with Gasteiger partial charge in [0.15, 0.2) is 18.1 Å². The third-order valence-corrected chi connectivity index (χ3v) is 6.31. The summed E-state index contributed by atoms with van der Waals surface area (Å²) in [5.41, 5.74) is 1.18. The number of benzene rings is 2. The summed E-state index contributed by atoms with van der Waals surface area (Å²) in [5.74, 6) is 0.298. The fraction of sp³-hybridized carbons (Fsp3) is 0.464. The van der Waals surface area contributed by atoms with Gasteiger partial charge in [0.25, 0.3) is 17.7 Å². The van der Waals surface area contributed by atoms with Gasteiger partial charge in [-0.2, -0.15) is 0 Å². The van der Waals surface area contributed by atoms with Crippen LogP contribution < -0.4 is 20.1 Å². The van der Waals surface area contributed by atoms with Gasteiger partial charge in [0.2, 0.25) is 0 Å². The first-order valence-electron chi connectivity index (χ1n) is 12.6. The molecule has 1 fully saturated rings. The van der Waals surface area contributed by atoms with Gasteiger partial charge in [0.1, 0.15) is 0 Å². The number of rotatable bonds is 10. The number of amides is 3. The summed E-state index contributed by atoms with van der Waals surface area (Å²) in [6.07, 6.45) is 4.01. The summed E-state index contributed by atoms with van der Waals surface area (Å²) in [6.45, 7) is 9.65. The molecule has 2 aromatic carbocycles. The molecular formula is C28H37N3O5. The molecule has 0 aliphatic carbocycles. The first-order valence-corrected chi connectivity index (χ1v) is 12.6. The summed E-state index contributed by atoms with van der Waals surface area (Å²) in [6, 6.07) is 11.6. The van der Waals surface area contributed by atoms with E-state index in [1.165, 1.54) is 0 Å². The second-order valence-corrected chi connectivity index (χ2v) is 9.55. The predicted molar refractivity (Wildman–Crippen MR) is 140 cm³/mol. The van der Waals surface area contributed by atoms with Crippen molar-refractivity contribution in [1.82, 2.24) is 10.2 Å². The minimum Gasteiger partial charge on any atom is -0.490 e. The number of hydrogen-bond acceptors (Lipinski definition) is 5. The van der Waals surface area contributed by atoms with Crippen LogP contribution in [0.4, 0.5) is 5.69 Å². The van der Waals surface area contributed by atoms with Gasteiger partial charge in [-0.1, -0.05) is 6.92 Å². The highest BCUT2D eigenvalue weighted by Crippen LogP contribution is 2.29. The molecule has 0 atom stereocenters. The van der Waals surface area contributed by atoms with Gasteiger partial charge in [-0.05, 0) is 88.9 Å². The van der Waals surface area contributed by atoms with Crippen molar-refractivity contribution in [3.05, 3.63) is 53.6 Å². The lowest BCUT2D eigenvalue weighted by Gasteiger charge is -2.26. The lowest BCUT2D eigenvalue weighted by Crippen LogP contribution is -2.42. The predicted octanol–water partition coefficient (Wildman–Crippen LogP) is 4.65. The smallest absolute Gasteiger partial charge is 0.260 e. The average molecular weight is 496 g/mol. The van der Waals surface area contributed by atoms with Crippen LogP contribution in [0.2, 0.25) is 0 Å². The van der Waals surface area contributed by atoms with Gasteiger partial charge in [-0.3, -0.25) is 14.4 Å². The molecule has 1 saturated heterocycles. The van der Waals surface area contributed by atoms with E-state index in [9.17, 15) is 14.4 Å². The number of hydrogen-bond donors (Lipinski definition) is 2. The molecule has 3 amide bonds. The molecule has 0 unspecified atom stereocenters. The van der Waals surface area contributed by atoms with Crippen LogP contribution in [0.25, 0.3) is 0 Å². The Morgan fingerprint density at radius 3 is 2.17 bits per heavy atom. The first kappa shape index (κ1) is 27.0. The van der Waals surface area contributed by atoms with Crippen molar-refractivity contribution in [2.24, 2.45) is 0 Å². The van der Waals surface area contributed by atoms with Crippen molar-refractivity contribution >= 4 is 23.4 Å². The van der Waals surface area contributed by atoms with E-state index in [0.717, 1.165) is 38.8 Å². The standard InChI is InChI=1S/C28H37N3O5/c1-5-28(3,4)30-27(34)20-10-13-22(14-11-20)29-26(33)21-12-15-23(24(18-21)35-6-2)36-19-25(32)31-16-8-7-9-17-31/h10-15,18H,5-9,16-17,19H2,1-4H3,(H,29,33)(H,30,34). The van der Waals surface area contributed by atoms with Gasteiger partial charge < -0.3 is 25.0 Å². The number of ether oxygens (including phenoxy) is 2. The molecule has 8 heteroatoms.